The molecule has 0 saturated carbocycles. The number of imidazole rings is 1. The van der Waals surface area contributed by atoms with Crippen molar-refractivity contribution in [1.29, 1.82) is 0 Å². The van der Waals surface area contributed by atoms with Gasteiger partial charge < -0.3 is 15.6 Å². The number of aromatic nitrogens is 2. The van der Waals surface area contributed by atoms with E-state index in [0.717, 1.165) is 42.8 Å². The third kappa shape index (κ3) is 2.67. The zero-order valence-corrected chi connectivity index (χ0v) is 11.6. The highest BCUT2D eigenvalue weighted by atomic mass is 16.2. The van der Waals surface area contributed by atoms with Crippen molar-refractivity contribution in [2.75, 3.05) is 13.1 Å². The van der Waals surface area contributed by atoms with Crippen LogP contribution in [0.25, 0.3) is 11.0 Å². The van der Waals surface area contributed by atoms with Crippen LogP contribution in [-0.2, 0) is 4.79 Å². The molecule has 3 N–H and O–H groups in total. The van der Waals surface area contributed by atoms with Gasteiger partial charge in [0.25, 0.3) is 0 Å². The van der Waals surface area contributed by atoms with Crippen molar-refractivity contribution in [2.24, 2.45) is 5.92 Å². The molecule has 1 aromatic carbocycles. The molecule has 2 atom stereocenters. The highest BCUT2D eigenvalue weighted by Crippen LogP contribution is 2.17. The van der Waals surface area contributed by atoms with Crippen molar-refractivity contribution in [1.82, 2.24) is 20.6 Å². The minimum Gasteiger partial charge on any atom is -0.346 e. The number of rotatable bonds is 3. The Hall–Kier alpha value is -1.88. The van der Waals surface area contributed by atoms with E-state index in [1.807, 2.05) is 31.2 Å². The summed E-state index contributed by atoms with van der Waals surface area (Å²) >= 11 is 0. The lowest BCUT2D eigenvalue weighted by molar-refractivity contribution is -0.126. The number of H-pyrrole nitrogens is 1. The maximum atomic E-state index is 12.2. The molecule has 0 aliphatic carbocycles. The van der Waals surface area contributed by atoms with Crippen LogP contribution in [0.4, 0.5) is 0 Å². The molecule has 1 amide bonds. The van der Waals surface area contributed by atoms with Gasteiger partial charge in [-0.05, 0) is 38.4 Å². The van der Waals surface area contributed by atoms with Crippen molar-refractivity contribution >= 4 is 16.9 Å². The average molecular weight is 272 g/mol. The minimum absolute atomic E-state index is 0.0792. The summed E-state index contributed by atoms with van der Waals surface area (Å²) in [7, 11) is 0. The summed E-state index contributed by atoms with van der Waals surface area (Å²) in [5, 5.41) is 6.32. The SMILES string of the molecule is CC(NC(=O)C1CCCNC1)c1nc2ccccc2[nH]1. The summed E-state index contributed by atoms with van der Waals surface area (Å²) in [5.41, 5.74) is 1.94. The number of benzene rings is 1. The second-order valence-electron chi connectivity index (χ2n) is 5.41. The fourth-order valence-corrected chi connectivity index (χ4v) is 2.65. The number of amides is 1. The van der Waals surface area contributed by atoms with Gasteiger partial charge in [-0.25, -0.2) is 4.98 Å². The van der Waals surface area contributed by atoms with Gasteiger partial charge >= 0.3 is 0 Å². The second kappa shape index (κ2) is 5.63. The molecule has 2 heterocycles. The molecule has 1 aromatic heterocycles. The van der Waals surface area contributed by atoms with Crippen molar-refractivity contribution in [3.63, 3.8) is 0 Å². The molecule has 1 aliphatic rings. The lowest BCUT2D eigenvalue weighted by Crippen LogP contribution is -2.41. The zero-order valence-electron chi connectivity index (χ0n) is 11.6. The summed E-state index contributed by atoms with van der Waals surface area (Å²) in [5.74, 6) is 1.00. The largest absolute Gasteiger partial charge is 0.346 e. The molecular weight excluding hydrogens is 252 g/mol. The van der Waals surface area contributed by atoms with Crippen LogP contribution in [0.15, 0.2) is 24.3 Å². The van der Waals surface area contributed by atoms with Gasteiger partial charge in [0.05, 0.1) is 23.0 Å². The number of para-hydroxylation sites is 2. The number of aromatic amines is 1. The van der Waals surface area contributed by atoms with Gasteiger partial charge in [0.15, 0.2) is 0 Å². The maximum Gasteiger partial charge on any atom is 0.224 e. The first-order chi connectivity index (χ1) is 9.74. The number of piperidine rings is 1. The molecule has 106 valence electrons. The van der Waals surface area contributed by atoms with Crippen LogP contribution in [0, 0.1) is 5.92 Å². The molecule has 3 rings (SSSR count). The van der Waals surface area contributed by atoms with Gasteiger partial charge in [-0.1, -0.05) is 12.1 Å². The molecule has 1 fully saturated rings. The molecule has 20 heavy (non-hydrogen) atoms. The van der Waals surface area contributed by atoms with Crippen molar-refractivity contribution in [2.45, 2.75) is 25.8 Å². The van der Waals surface area contributed by atoms with Crippen LogP contribution in [0.1, 0.15) is 31.6 Å². The highest BCUT2D eigenvalue weighted by Gasteiger charge is 2.23. The van der Waals surface area contributed by atoms with E-state index >= 15 is 0 Å². The third-order valence-corrected chi connectivity index (χ3v) is 3.84. The molecule has 2 aromatic rings. The number of fused-ring (bicyclic) bond motifs is 1. The van der Waals surface area contributed by atoms with Crippen LogP contribution in [-0.4, -0.2) is 29.0 Å². The number of carbonyl (C=O) groups is 1. The van der Waals surface area contributed by atoms with Gasteiger partial charge in [-0.15, -0.1) is 0 Å². The number of nitrogens with one attached hydrogen (secondary N) is 3. The van der Waals surface area contributed by atoms with Gasteiger partial charge in [0, 0.05) is 6.54 Å². The Kier molecular flexibility index (Phi) is 3.69. The zero-order chi connectivity index (χ0) is 13.9. The molecule has 5 nitrogen and oxygen atoms in total. The van der Waals surface area contributed by atoms with Crippen molar-refractivity contribution in [3.8, 4) is 0 Å². The summed E-state index contributed by atoms with van der Waals surface area (Å²) < 4.78 is 0. The molecule has 2 unspecified atom stereocenters. The first-order valence-electron chi connectivity index (χ1n) is 7.20. The molecule has 5 heteroatoms. The van der Waals surface area contributed by atoms with E-state index in [1.165, 1.54) is 0 Å². The summed E-state index contributed by atoms with van der Waals surface area (Å²) in [6.07, 6.45) is 2.03. The summed E-state index contributed by atoms with van der Waals surface area (Å²) in [4.78, 5) is 20.0. The van der Waals surface area contributed by atoms with Gasteiger partial charge in [0.2, 0.25) is 5.91 Å². The topological polar surface area (TPSA) is 69.8 Å². The van der Waals surface area contributed by atoms with Gasteiger partial charge in [-0.3, -0.25) is 4.79 Å². The Labute approximate surface area is 118 Å². The van der Waals surface area contributed by atoms with E-state index in [1.54, 1.807) is 0 Å². The molecule has 1 saturated heterocycles. The van der Waals surface area contributed by atoms with Crippen LogP contribution in [0.2, 0.25) is 0 Å². The quantitative estimate of drug-likeness (QED) is 0.797. The first kappa shape index (κ1) is 13.1. The molecule has 0 spiro atoms. The number of hydrogen-bond donors (Lipinski definition) is 3. The summed E-state index contributed by atoms with van der Waals surface area (Å²) in [6.45, 7) is 3.76. The molecular formula is C15H20N4O. The molecule has 1 aliphatic heterocycles. The fourth-order valence-electron chi connectivity index (χ4n) is 2.65. The number of carbonyl (C=O) groups excluding carboxylic acids is 1. The Morgan fingerprint density at radius 1 is 1.45 bits per heavy atom. The Morgan fingerprint density at radius 2 is 2.30 bits per heavy atom. The third-order valence-electron chi connectivity index (χ3n) is 3.84. The van der Waals surface area contributed by atoms with Crippen LogP contribution in [0.3, 0.4) is 0 Å². The average Bonchev–Trinajstić information content (AvgIpc) is 2.92. The van der Waals surface area contributed by atoms with Crippen LogP contribution < -0.4 is 10.6 Å². The highest BCUT2D eigenvalue weighted by molar-refractivity contribution is 5.79. The maximum absolute atomic E-state index is 12.2. The van der Waals surface area contributed by atoms with E-state index in [9.17, 15) is 4.79 Å². The van der Waals surface area contributed by atoms with Crippen LogP contribution >= 0.6 is 0 Å². The van der Waals surface area contributed by atoms with Crippen molar-refractivity contribution < 1.29 is 4.79 Å². The normalized spacial score (nSPS) is 20.8. The lowest BCUT2D eigenvalue weighted by atomic mass is 9.98. The van der Waals surface area contributed by atoms with Gasteiger partial charge in [0.1, 0.15) is 5.82 Å². The van der Waals surface area contributed by atoms with Crippen molar-refractivity contribution in [3.05, 3.63) is 30.1 Å². The van der Waals surface area contributed by atoms with Crippen LogP contribution in [0.5, 0.6) is 0 Å². The lowest BCUT2D eigenvalue weighted by Gasteiger charge is -2.23. The smallest absolute Gasteiger partial charge is 0.224 e. The van der Waals surface area contributed by atoms with Gasteiger partial charge in [-0.2, -0.15) is 0 Å². The first-order valence-corrected chi connectivity index (χ1v) is 7.20. The molecule has 0 bridgehead atoms. The monoisotopic (exact) mass is 272 g/mol. The predicted molar refractivity (Wildman–Crippen MR) is 78.2 cm³/mol. The number of nitrogens with zero attached hydrogens (tertiary/aromatic N) is 1. The van der Waals surface area contributed by atoms with E-state index < -0.39 is 0 Å². The minimum atomic E-state index is -0.100. The Balaban J connectivity index is 1.68. The van der Waals surface area contributed by atoms with E-state index in [2.05, 4.69) is 20.6 Å². The Bertz CT molecular complexity index is 568. The summed E-state index contributed by atoms with van der Waals surface area (Å²) in [6, 6.07) is 7.79. The number of hydrogen-bond acceptors (Lipinski definition) is 3. The second-order valence-corrected chi connectivity index (χ2v) is 5.41. The Morgan fingerprint density at radius 3 is 3.05 bits per heavy atom. The fraction of sp³-hybridized carbons (Fsp3) is 0.467. The van der Waals surface area contributed by atoms with E-state index in [0.29, 0.717) is 0 Å². The van der Waals surface area contributed by atoms with E-state index in [4.69, 9.17) is 0 Å². The standard InChI is InChI=1S/C15H20N4O/c1-10(17-15(20)11-5-4-8-16-9-11)14-18-12-6-2-3-7-13(12)19-14/h2-3,6-7,10-11,16H,4-5,8-9H2,1H3,(H,17,20)(H,18,19). The molecule has 0 radical (unpaired) electrons. The van der Waals surface area contributed by atoms with E-state index in [-0.39, 0.29) is 17.9 Å². The predicted octanol–water partition coefficient (Wildman–Crippen LogP) is 1.74.